The summed E-state index contributed by atoms with van der Waals surface area (Å²) in [6.45, 7) is 14.3. The Bertz CT molecular complexity index is 432. The number of ketones is 1. The number of nitrogens with two attached hydrogens (primary N) is 2. The maximum Gasteiger partial charge on any atom is 0.312 e. The van der Waals surface area contributed by atoms with E-state index in [0.29, 0.717) is 38.8 Å². The lowest BCUT2D eigenvalue weighted by Gasteiger charge is -2.16. The molecule has 0 radical (unpaired) electrons. The zero-order chi connectivity index (χ0) is 24.4. The van der Waals surface area contributed by atoms with Gasteiger partial charge in [-0.15, -0.1) is 0 Å². The molecule has 0 aliphatic heterocycles. The number of amides is 4. The number of unbranched alkanes of at least 4 members (excludes halogenated alkanes) is 1. The van der Waals surface area contributed by atoms with Crippen LogP contribution < -0.4 is 27.4 Å². The molecule has 0 fully saturated rings. The molecule has 0 bridgehead atoms. The molecule has 4 amide bonds. The topological polar surface area (TPSA) is 156 Å². The maximum atomic E-state index is 11.7. The van der Waals surface area contributed by atoms with Crippen molar-refractivity contribution in [2.45, 2.75) is 93.0 Å². The van der Waals surface area contributed by atoms with Crippen molar-refractivity contribution >= 4 is 23.6 Å². The SMILES string of the molecule is CC.CC.CC(=O)C(CCCNC(N)=O)NC(=O)CNC(=O)CCCCN.CCC. The van der Waals surface area contributed by atoms with E-state index in [1.54, 1.807) is 0 Å². The molecule has 0 saturated carbocycles. The van der Waals surface area contributed by atoms with Crippen molar-refractivity contribution in [1.82, 2.24) is 16.0 Å². The Morgan fingerprint density at radius 3 is 1.83 bits per heavy atom. The molecule has 0 aromatic rings. The Morgan fingerprint density at radius 1 is 0.867 bits per heavy atom. The summed E-state index contributed by atoms with van der Waals surface area (Å²) in [5, 5.41) is 7.46. The van der Waals surface area contributed by atoms with E-state index < -0.39 is 18.0 Å². The summed E-state index contributed by atoms with van der Waals surface area (Å²) in [6.07, 6.45) is 3.88. The second-order valence-electron chi connectivity index (χ2n) is 5.89. The smallest absolute Gasteiger partial charge is 0.312 e. The highest BCUT2D eigenvalue weighted by molar-refractivity contribution is 5.89. The van der Waals surface area contributed by atoms with Crippen LogP contribution in [-0.2, 0) is 14.4 Å². The van der Waals surface area contributed by atoms with Crippen molar-refractivity contribution in [3.05, 3.63) is 0 Å². The Labute approximate surface area is 183 Å². The van der Waals surface area contributed by atoms with Crippen LogP contribution in [0.15, 0.2) is 0 Å². The first-order chi connectivity index (χ1) is 14.3. The summed E-state index contributed by atoms with van der Waals surface area (Å²) in [6, 6.07) is -1.28. The third kappa shape index (κ3) is 30.6. The molecule has 9 nitrogen and oxygen atoms in total. The summed E-state index contributed by atoms with van der Waals surface area (Å²) >= 11 is 0. The zero-order valence-electron chi connectivity index (χ0n) is 20.2. The number of primary amides is 1. The lowest BCUT2D eigenvalue weighted by atomic mass is 10.1. The summed E-state index contributed by atoms with van der Waals surface area (Å²) in [7, 11) is 0. The fourth-order valence-corrected chi connectivity index (χ4v) is 1.84. The van der Waals surface area contributed by atoms with Gasteiger partial charge in [0.05, 0.1) is 12.6 Å². The van der Waals surface area contributed by atoms with Crippen LogP contribution in [-0.4, -0.2) is 49.3 Å². The van der Waals surface area contributed by atoms with Crippen molar-refractivity contribution < 1.29 is 19.2 Å². The van der Waals surface area contributed by atoms with Gasteiger partial charge >= 0.3 is 6.03 Å². The van der Waals surface area contributed by atoms with E-state index >= 15 is 0 Å². The van der Waals surface area contributed by atoms with Crippen molar-refractivity contribution in [3.8, 4) is 0 Å². The van der Waals surface area contributed by atoms with Crippen LogP contribution in [0.2, 0.25) is 0 Å². The number of carbonyl (C=O) groups excluding carboxylic acids is 4. The first-order valence-electron chi connectivity index (χ1n) is 11.1. The number of hydrogen-bond donors (Lipinski definition) is 5. The van der Waals surface area contributed by atoms with Crippen LogP contribution >= 0.6 is 0 Å². The highest BCUT2D eigenvalue weighted by Gasteiger charge is 2.17. The van der Waals surface area contributed by atoms with Gasteiger partial charge in [-0.3, -0.25) is 14.4 Å². The lowest BCUT2D eigenvalue weighted by Crippen LogP contribution is -2.45. The molecule has 0 saturated heterocycles. The highest BCUT2D eigenvalue weighted by atomic mass is 16.2. The number of carbonyl (C=O) groups is 4. The van der Waals surface area contributed by atoms with Gasteiger partial charge in [-0.05, 0) is 39.2 Å². The van der Waals surface area contributed by atoms with E-state index in [0.717, 1.165) is 6.42 Å². The van der Waals surface area contributed by atoms with Gasteiger partial charge in [0, 0.05) is 13.0 Å². The molecular formula is C21H47N5O4. The maximum absolute atomic E-state index is 11.7. The fourth-order valence-electron chi connectivity index (χ4n) is 1.84. The highest BCUT2D eigenvalue weighted by Crippen LogP contribution is 1.98. The van der Waals surface area contributed by atoms with E-state index in [4.69, 9.17) is 11.5 Å². The molecule has 0 aliphatic carbocycles. The minimum atomic E-state index is -0.647. The van der Waals surface area contributed by atoms with Gasteiger partial charge < -0.3 is 27.4 Å². The molecule has 0 heterocycles. The van der Waals surface area contributed by atoms with E-state index in [1.807, 2.05) is 27.7 Å². The molecule has 0 spiro atoms. The number of nitrogens with one attached hydrogen (secondary N) is 3. The van der Waals surface area contributed by atoms with Crippen LogP contribution in [0.1, 0.15) is 87.0 Å². The molecule has 9 heteroatoms. The first kappa shape index (κ1) is 35.3. The average molecular weight is 434 g/mol. The van der Waals surface area contributed by atoms with Crippen molar-refractivity contribution in [3.63, 3.8) is 0 Å². The van der Waals surface area contributed by atoms with E-state index in [2.05, 4.69) is 29.8 Å². The first-order valence-corrected chi connectivity index (χ1v) is 11.1. The van der Waals surface area contributed by atoms with E-state index in [-0.39, 0.29) is 18.2 Å². The van der Waals surface area contributed by atoms with Crippen LogP contribution in [0.4, 0.5) is 4.79 Å². The molecule has 0 aromatic heterocycles. The molecular weight excluding hydrogens is 386 g/mol. The van der Waals surface area contributed by atoms with Gasteiger partial charge in [-0.1, -0.05) is 48.0 Å². The van der Waals surface area contributed by atoms with Crippen molar-refractivity contribution in [2.75, 3.05) is 19.6 Å². The second kappa shape index (κ2) is 29.0. The van der Waals surface area contributed by atoms with Crippen LogP contribution in [0.3, 0.4) is 0 Å². The largest absolute Gasteiger partial charge is 0.352 e. The standard InChI is InChI=1S/C14H27N5O4.C3H8.2C2H6/c1-10(20)11(5-4-8-17-14(16)23)19-13(22)9-18-12(21)6-2-3-7-15;1-3-2;2*1-2/h11H,2-9,15H2,1H3,(H,18,21)(H,19,22)(H3,16,17,23);3H2,1-2H3;2*1-2H3. The minimum Gasteiger partial charge on any atom is -0.352 e. The number of hydrogen-bond acceptors (Lipinski definition) is 5. The number of urea groups is 1. The fraction of sp³-hybridized carbons (Fsp3) is 0.810. The van der Waals surface area contributed by atoms with Gasteiger partial charge in [0.2, 0.25) is 11.8 Å². The minimum absolute atomic E-state index is 0.176. The monoisotopic (exact) mass is 433 g/mol. The molecule has 0 aliphatic rings. The zero-order valence-corrected chi connectivity index (χ0v) is 20.2. The van der Waals surface area contributed by atoms with Crippen LogP contribution in [0.25, 0.3) is 0 Å². The lowest BCUT2D eigenvalue weighted by molar-refractivity contribution is -0.128. The molecule has 180 valence electrons. The average Bonchev–Trinajstić information content (AvgIpc) is 2.72. The molecule has 0 aromatic carbocycles. The summed E-state index contributed by atoms with van der Waals surface area (Å²) in [5.74, 6) is -0.842. The van der Waals surface area contributed by atoms with Crippen molar-refractivity contribution in [1.29, 1.82) is 0 Å². The Balaban J connectivity index is -0.000000427. The van der Waals surface area contributed by atoms with Gasteiger partial charge in [0.15, 0.2) is 5.78 Å². The van der Waals surface area contributed by atoms with E-state index in [1.165, 1.54) is 13.3 Å². The number of Topliss-reactive ketones (excluding diaryl/α,β-unsaturated/α-hetero) is 1. The molecule has 1 atom stereocenters. The Kier molecular flexibility index (Phi) is 34.2. The van der Waals surface area contributed by atoms with Crippen LogP contribution in [0, 0.1) is 0 Å². The van der Waals surface area contributed by atoms with Crippen molar-refractivity contribution in [2.24, 2.45) is 11.5 Å². The van der Waals surface area contributed by atoms with Crippen LogP contribution in [0.5, 0.6) is 0 Å². The molecule has 1 unspecified atom stereocenters. The number of rotatable bonds is 12. The predicted molar refractivity (Wildman–Crippen MR) is 124 cm³/mol. The quantitative estimate of drug-likeness (QED) is 0.298. The Morgan fingerprint density at radius 2 is 1.40 bits per heavy atom. The third-order valence-electron chi connectivity index (χ3n) is 3.10. The van der Waals surface area contributed by atoms with Gasteiger partial charge in [0.25, 0.3) is 0 Å². The molecule has 7 N–H and O–H groups in total. The predicted octanol–water partition coefficient (Wildman–Crippen LogP) is 2.22. The normalized spacial score (nSPS) is 9.73. The van der Waals surface area contributed by atoms with Gasteiger partial charge in [0.1, 0.15) is 0 Å². The molecule has 0 rings (SSSR count). The summed E-state index contributed by atoms with van der Waals surface area (Å²) < 4.78 is 0. The second-order valence-corrected chi connectivity index (χ2v) is 5.89. The van der Waals surface area contributed by atoms with Gasteiger partial charge in [-0.25, -0.2) is 4.79 Å². The van der Waals surface area contributed by atoms with E-state index in [9.17, 15) is 19.2 Å². The summed E-state index contributed by atoms with van der Waals surface area (Å²) in [5.41, 5.74) is 10.3. The molecule has 30 heavy (non-hydrogen) atoms. The third-order valence-corrected chi connectivity index (χ3v) is 3.10. The Hall–Kier alpha value is -2.16. The summed E-state index contributed by atoms with van der Waals surface area (Å²) in [4.78, 5) is 45.2. The van der Waals surface area contributed by atoms with Gasteiger partial charge in [-0.2, -0.15) is 0 Å².